The molecule has 90 valence electrons. The molecule has 1 atom stereocenters. The van der Waals surface area contributed by atoms with Crippen LogP contribution < -0.4 is 0 Å². The van der Waals surface area contributed by atoms with E-state index in [-0.39, 0.29) is 6.04 Å². The molecule has 17 heavy (non-hydrogen) atoms. The maximum Gasteiger partial charge on any atom is 0.310 e. The summed E-state index contributed by atoms with van der Waals surface area (Å²) in [5.74, 6) is -1.30. The molecule has 4 nitrogen and oxygen atoms in total. The Labute approximate surface area is 99.9 Å². The smallest absolute Gasteiger partial charge is 0.310 e. The van der Waals surface area contributed by atoms with Gasteiger partial charge in [-0.15, -0.1) is 0 Å². The number of benzene rings is 1. The molecule has 0 radical (unpaired) electrons. The number of rotatable bonds is 3. The summed E-state index contributed by atoms with van der Waals surface area (Å²) in [5, 5.41) is 14.4. The number of carbonyl (C=O) groups is 1. The standard InChI is InChI=1S/C13H16N2O2/c1-8(2)15-12-6-10(9(3)13(16)17)4-5-11(12)7-14-15/h4-9H,1-3H3,(H,16,17). The molecule has 0 amide bonds. The second-order valence-corrected chi connectivity index (χ2v) is 4.56. The van der Waals surface area contributed by atoms with E-state index in [2.05, 4.69) is 18.9 Å². The van der Waals surface area contributed by atoms with Crippen molar-refractivity contribution in [1.82, 2.24) is 9.78 Å². The molecule has 0 bridgehead atoms. The van der Waals surface area contributed by atoms with Crippen molar-refractivity contribution in [1.29, 1.82) is 0 Å². The van der Waals surface area contributed by atoms with Gasteiger partial charge in [-0.2, -0.15) is 5.10 Å². The first-order chi connectivity index (χ1) is 8.00. The Morgan fingerprint density at radius 2 is 2.06 bits per heavy atom. The highest BCUT2D eigenvalue weighted by atomic mass is 16.4. The Morgan fingerprint density at radius 3 is 2.65 bits per heavy atom. The van der Waals surface area contributed by atoms with E-state index in [1.807, 2.05) is 29.1 Å². The Bertz CT molecular complexity index is 558. The van der Waals surface area contributed by atoms with Crippen LogP contribution in [0.5, 0.6) is 0 Å². The van der Waals surface area contributed by atoms with Crippen LogP contribution in [0.15, 0.2) is 24.4 Å². The minimum absolute atomic E-state index is 0.267. The lowest BCUT2D eigenvalue weighted by Crippen LogP contribution is -2.08. The monoisotopic (exact) mass is 232 g/mol. The van der Waals surface area contributed by atoms with E-state index in [0.717, 1.165) is 16.5 Å². The minimum Gasteiger partial charge on any atom is -0.481 e. The number of hydrogen-bond acceptors (Lipinski definition) is 2. The molecule has 1 aromatic heterocycles. The number of carboxylic acid groups (broad SMARTS) is 1. The van der Waals surface area contributed by atoms with Gasteiger partial charge in [0.1, 0.15) is 0 Å². The normalized spacial score (nSPS) is 13.2. The van der Waals surface area contributed by atoms with Gasteiger partial charge < -0.3 is 5.11 Å². The number of fused-ring (bicyclic) bond motifs is 1. The molecule has 0 spiro atoms. The lowest BCUT2D eigenvalue weighted by Gasteiger charge is -2.10. The van der Waals surface area contributed by atoms with Gasteiger partial charge in [-0.25, -0.2) is 0 Å². The third-order valence-corrected chi connectivity index (χ3v) is 2.98. The van der Waals surface area contributed by atoms with Crippen LogP contribution in [0.4, 0.5) is 0 Å². The molecule has 1 heterocycles. The molecule has 4 heteroatoms. The first-order valence-electron chi connectivity index (χ1n) is 5.70. The molecule has 0 saturated heterocycles. The summed E-state index contributed by atoms with van der Waals surface area (Å²) in [6.45, 7) is 5.80. The van der Waals surface area contributed by atoms with Crippen molar-refractivity contribution in [2.45, 2.75) is 32.7 Å². The molecule has 2 aromatic rings. The maximum atomic E-state index is 11.0. The van der Waals surface area contributed by atoms with Crippen LogP contribution >= 0.6 is 0 Å². The maximum absolute atomic E-state index is 11.0. The fourth-order valence-electron chi connectivity index (χ4n) is 1.88. The highest BCUT2D eigenvalue weighted by Gasteiger charge is 2.15. The summed E-state index contributed by atoms with van der Waals surface area (Å²) in [5.41, 5.74) is 1.80. The quantitative estimate of drug-likeness (QED) is 0.885. The predicted molar refractivity (Wildman–Crippen MR) is 66.2 cm³/mol. The van der Waals surface area contributed by atoms with Gasteiger partial charge in [-0.3, -0.25) is 9.48 Å². The summed E-state index contributed by atoms with van der Waals surface area (Å²) in [6, 6.07) is 5.97. The van der Waals surface area contributed by atoms with Crippen molar-refractivity contribution in [3.63, 3.8) is 0 Å². The van der Waals surface area contributed by atoms with Crippen LogP contribution in [0, 0.1) is 0 Å². The van der Waals surface area contributed by atoms with Gasteiger partial charge in [-0.05, 0) is 32.4 Å². The summed E-state index contributed by atoms with van der Waals surface area (Å²) in [4.78, 5) is 11.0. The zero-order valence-electron chi connectivity index (χ0n) is 10.2. The number of carboxylic acids is 1. The van der Waals surface area contributed by atoms with Crippen LogP contribution in [-0.2, 0) is 4.79 Å². The summed E-state index contributed by atoms with van der Waals surface area (Å²) < 4.78 is 1.91. The third kappa shape index (κ3) is 2.02. The Kier molecular flexibility index (Phi) is 2.88. The molecule has 0 aliphatic carbocycles. The predicted octanol–water partition coefficient (Wildman–Crippen LogP) is 2.81. The molecule has 1 aromatic carbocycles. The van der Waals surface area contributed by atoms with Crippen LogP contribution in [0.2, 0.25) is 0 Å². The first-order valence-corrected chi connectivity index (χ1v) is 5.70. The molecule has 0 fully saturated rings. The van der Waals surface area contributed by atoms with E-state index in [4.69, 9.17) is 5.11 Å². The second kappa shape index (κ2) is 4.20. The van der Waals surface area contributed by atoms with Crippen LogP contribution in [0.3, 0.4) is 0 Å². The highest BCUT2D eigenvalue weighted by Crippen LogP contribution is 2.23. The van der Waals surface area contributed by atoms with E-state index in [9.17, 15) is 4.79 Å². The van der Waals surface area contributed by atoms with Crippen LogP contribution in [0.25, 0.3) is 10.9 Å². The average Bonchev–Trinajstić information content (AvgIpc) is 2.70. The van der Waals surface area contributed by atoms with E-state index in [0.29, 0.717) is 0 Å². The van der Waals surface area contributed by atoms with Crippen LogP contribution in [0.1, 0.15) is 38.3 Å². The molecule has 0 saturated carbocycles. The largest absolute Gasteiger partial charge is 0.481 e. The molecule has 1 N–H and O–H groups in total. The topological polar surface area (TPSA) is 55.1 Å². The summed E-state index contributed by atoms with van der Waals surface area (Å²) in [7, 11) is 0. The number of aromatic nitrogens is 2. The Hall–Kier alpha value is -1.84. The van der Waals surface area contributed by atoms with E-state index >= 15 is 0 Å². The molecule has 0 aliphatic heterocycles. The second-order valence-electron chi connectivity index (χ2n) is 4.56. The van der Waals surface area contributed by atoms with Gasteiger partial charge in [0, 0.05) is 11.4 Å². The van der Waals surface area contributed by atoms with Crippen molar-refractivity contribution >= 4 is 16.9 Å². The summed E-state index contributed by atoms with van der Waals surface area (Å²) >= 11 is 0. The van der Waals surface area contributed by atoms with Gasteiger partial charge in [0.15, 0.2) is 0 Å². The molecule has 0 aliphatic rings. The minimum atomic E-state index is -0.806. The average molecular weight is 232 g/mol. The van der Waals surface area contributed by atoms with Gasteiger partial charge in [-0.1, -0.05) is 12.1 Å². The molecule has 1 unspecified atom stereocenters. The number of nitrogens with zero attached hydrogens (tertiary/aromatic N) is 2. The van der Waals surface area contributed by atoms with Gasteiger partial charge in [0.05, 0.1) is 17.6 Å². The first kappa shape index (κ1) is 11.6. The number of hydrogen-bond donors (Lipinski definition) is 1. The van der Waals surface area contributed by atoms with Crippen molar-refractivity contribution in [3.05, 3.63) is 30.0 Å². The lowest BCUT2D eigenvalue weighted by atomic mass is 10.0. The summed E-state index contributed by atoms with van der Waals surface area (Å²) in [6.07, 6.45) is 1.81. The van der Waals surface area contributed by atoms with Gasteiger partial charge in [0.2, 0.25) is 0 Å². The van der Waals surface area contributed by atoms with E-state index < -0.39 is 11.9 Å². The zero-order valence-corrected chi connectivity index (χ0v) is 10.2. The molecular formula is C13H16N2O2. The van der Waals surface area contributed by atoms with Gasteiger partial charge in [0.25, 0.3) is 0 Å². The lowest BCUT2D eigenvalue weighted by molar-refractivity contribution is -0.138. The molecular weight excluding hydrogens is 216 g/mol. The Balaban J connectivity index is 2.55. The fraction of sp³-hybridized carbons (Fsp3) is 0.385. The van der Waals surface area contributed by atoms with Crippen molar-refractivity contribution in [2.24, 2.45) is 0 Å². The van der Waals surface area contributed by atoms with Crippen molar-refractivity contribution in [2.75, 3.05) is 0 Å². The van der Waals surface area contributed by atoms with Gasteiger partial charge >= 0.3 is 5.97 Å². The van der Waals surface area contributed by atoms with Crippen molar-refractivity contribution < 1.29 is 9.90 Å². The fourth-order valence-corrected chi connectivity index (χ4v) is 1.88. The highest BCUT2D eigenvalue weighted by molar-refractivity contribution is 5.82. The molecule has 2 rings (SSSR count). The SMILES string of the molecule is CC(C(=O)O)c1ccc2cnn(C(C)C)c2c1. The van der Waals surface area contributed by atoms with E-state index in [1.165, 1.54) is 0 Å². The van der Waals surface area contributed by atoms with Crippen LogP contribution in [-0.4, -0.2) is 20.9 Å². The third-order valence-electron chi connectivity index (χ3n) is 2.98. The van der Waals surface area contributed by atoms with E-state index in [1.54, 1.807) is 6.92 Å². The zero-order chi connectivity index (χ0) is 12.6. The Morgan fingerprint density at radius 1 is 1.35 bits per heavy atom. The van der Waals surface area contributed by atoms with Crippen molar-refractivity contribution in [3.8, 4) is 0 Å². The number of aliphatic carboxylic acids is 1.